The van der Waals surface area contributed by atoms with Crippen molar-refractivity contribution in [1.29, 1.82) is 0 Å². The molecule has 2 aromatic rings. The predicted molar refractivity (Wildman–Crippen MR) is 74.0 cm³/mol. The second kappa shape index (κ2) is 4.57. The summed E-state index contributed by atoms with van der Waals surface area (Å²) in [5.74, 6) is 0.882. The Bertz CT molecular complexity index is 541. The largest absolute Gasteiger partial charge is 0.366 e. The average molecular weight is 247 g/mol. The van der Waals surface area contributed by atoms with E-state index in [0.29, 0.717) is 0 Å². The standard InChI is InChI=1S/C13H21N5/c1-10-8-11-12(14-6-7-18(11)16-10)15-9-13(2,3)17(4)5/h6-8H,9H2,1-5H3,(H,14,15). The minimum Gasteiger partial charge on any atom is -0.366 e. The SMILES string of the molecule is Cc1cc2c(NCC(C)(C)N(C)C)nccn2n1. The van der Waals surface area contributed by atoms with Crippen molar-refractivity contribution in [3.8, 4) is 0 Å². The van der Waals surface area contributed by atoms with Gasteiger partial charge in [0.2, 0.25) is 0 Å². The van der Waals surface area contributed by atoms with E-state index in [4.69, 9.17) is 0 Å². The number of anilines is 1. The van der Waals surface area contributed by atoms with Gasteiger partial charge in [-0.3, -0.25) is 0 Å². The highest BCUT2D eigenvalue weighted by Crippen LogP contribution is 2.17. The summed E-state index contributed by atoms with van der Waals surface area (Å²) >= 11 is 0. The normalized spacial score (nSPS) is 12.3. The molecular weight excluding hydrogens is 226 g/mol. The molecule has 2 rings (SSSR count). The molecule has 2 aromatic heterocycles. The van der Waals surface area contributed by atoms with Crippen LogP contribution in [0.15, 0.2) is 18.5 Å². The molecular formula is C13H21N5. The maximum atomic E-state index is 4.39. The molecule has 0 saturated heterocycles. The van der Waals surface area contributed by atoms with Crippen LogP contribution >= 0.6 is 0 Å². The van der Waals surface area contributed by atoms with Gasteiger partial charge in [0.15, 0.2) is 5.82 Å². The molecule has 2 heterocycles. The summed E-state index contributed by atoms with van der Waals surface area (Å²) in [7, 11) is 4.16. The molecule has 0 radical (unpaired) electrons. The third-order valence-electron chi connectivity index (χ3n) is 3.41. The van der Waals surface area contributed by atoms with Crippen molar-refractivity contribution >= 4 is 11.3 Å². The number of likely N-dealkylation sites (N-methyl/N-ethyl adjacent to an activating group) is 1. The Morgan fingerprint density at radius 3 is 2.78 bits per heavy atom. The van der Waals surface area contributed by atoms with Crippen molar-refractivity contribution in [3.63, 3.8) is 0 Å². The van der Waals surface area contributed by atoms with Crippen LogP contribution in [0.1, 0.15) is 19.5 Å². The molecule has 5 nitrogen and oxygen atoms in total. The number of nitrogens with zero attached hydrogens (tertiary/aromatic N) is 4. The van der Waals surface area contributed by atoms with E-state index < -0.39 is 0 Å². The molecule has 0 fully saturated rings. The maximum Gasteiger partial charge on any atom is 0.152 e. The van der Waals surface area contributed by atoms with E-state index in [0.717, 1.165) is 23.6 Å². The second-order valence-corrected chi connectivity index (χ2v) is 5.45. The van der Waals surface area contributed by atoms with Gasteiger partial charge in [-0.05, 0) is 40.9 Å². The summed E-state index contributed by atoms with van der Waals surface area (Å²) in [4.78, 5) is 6.59. The summed E-state index contributed by atoms with van der Waals surface area (Å²) in [6.07, 6.45) is 3.63. The number of nitrogens with one attached hydrogen (secondary N) is 1. The molecule has 0 saturated carbocycles. The van der Waals surface area contributed by atoms with Gasteiger partial charge in [-0.25, -0.2) is 9.50 Å². The Morgan fingerprint density at radius 1 is 1.39 bits per heavy atom. The Hall–Kier alpha value is -1.62. The topological polar surface area (TPSA) is 45.5 Å². The predicted octanol–water partition coefficient (Wildman–Crippen LogP) is 1.79. The van der Waals surface area contributed by atoms with E-state index >= 15 is 0 Å². The molecule has 0 atom stereocenters. The zero-order valence-corrected chi connectivity index (χ0v) is 11.7. The minimum absolute atomic E-state index is 0.0730. The molecule has 5 heteroatoms. The summed E-state index contributed by atoms with van der Waals surface area (Å²) < 4.78 is 1.85. The highest BCUT2D eigenvalue weighted by molar-refractivity contribution is 5.67. The highest BCUT2D eigenvalue weighted by Gasteiger charge is 2.20. The Balaban J connectivity index is 2.22. The van der Waals surface area contributed by atoms with Crippen molar-refractivity contribution in [2.45, 2.75) is 26.3 Å². The number of aryl methyl sites for hydroxylation is 1. The molecule has 0 spiro atoms. The van der Waals surface area contributed by atoms with Crippen LogP contribution in [0.4, 0.5) is 5.82 Å². The summed E-state index contributed by atoms with van der Waals surface area (Å²) in [6, 6.07) is 2.04. The van der Waals surface area contributed by atoms with E-state index in [9.17, 15) is 0 Å². The summed E-state index contributed by atoms with van der Waals surface area (Å²) in [5, 5.41) is 7.79. The zero-order chi connectivity index (χ0) is 13.3. The van der Waals surface area contributed by atoms with Crippen LogP contribution < -0.4 is 5.32 Å². The van der Waals surface area contributed by atoms with Crippen LogP contribution in [0.25, 0.3) is 5.52 Å². The lowest BCUT2D eigenvalue weighted by Crippen LogP contribution is -2.44. The van der Waals surface area contributed by atoms with Gasteiger partial charge in [0.1, 0.15) is 5.52 Å². The first-order chi connectivity index (χ1) is 8.40. The maximum absolute atomic E-state index is 4.39. The van der Waals surface area contributed by atoms with E-state index in [-0.39, 0.29) is 5.54 Å². The summed E-state index contributed by atoms with van der Waals surface area (Å²) in [6.45, 7) is 7.21. The zero-order valence-electron chi connectivity index (χ0n) is 11.7. The third-order valence-corrected chi connectivity index (χ3v) is 3.41. The van der Waals surface area contributed by atoms with Crippen LogP contribution in [0.2, 0.25) is 0 Å². The van der Waals surface area contributed by atoms with Gasteiger partial charge in [0.25, 0.3) is 0 Å². The number of aromatic nitrogens is 3. The van der Waals surface area contributed by atoms with E-state index in [1.54, 1.807) is 6.20 Å². The fourth-order valence-electron chi connectivity index (χ4n) is 1.64. The van der Waals surface area contributed by atoms with Crippen LogP contribution in [-0.4, -0.2) is 45.7 Å². The van der Waals surface area contributed by atoms with Crippen molar-refractivity contribution in [3.05, 3.63) is 24.2 Å². The van der Waals surface area contributed by atoms with Crippen molar-refractivity contribution < 1.29 is 0 Å². The van der Waals surface area contributed by atoms with Crippen molar-refractivity contribution in [2.24, 2.45) is 0 Å². The van der Waals surface area contributed by atoms with E-state index in [1.807, 2.05) is 23.7 Å². The first-order valence-electron chi connectivity index (χ1n) is 6.12. The molecule has 0 unspecified atom stereocenters. The quantitative estimate of drug-likeness (QED) is 0.894. The number of fused-ring (bicyclic) bond motifs is 1. The lowest BCUT2D eigenvalue weighted by Gasteiger charge is -2.32. The first kappa shape index (κ1) is 12.8. The van der Waals surface area contributed by atoms with Gasteiger partial charge in [0, 0.05) is 24.5 Å². The van der Waals surface area contributed by atoms with Gasteiger partial charge in [-0.1, -0.05) is 0 Å². The molecule has 1 N–H and O–H groups in total. The Morgan fingerprint density at radius 2 is 2.11 bits per heavy atom. The van der Waals surface area contributed by atoms with Crippen molar-refractivity contribution in [2.75, 3.05) is 26.0 Å². The van der Waals surface area contributed by atoms with Gasteiger partial charge in [-0.2, -0.15) is 5.10 Å². The van der Waals surface area contributed by atoms with Gasteiger partial charge in [-0.15, -0.1) is 0 Å². The number of rotatable bonds is 4. The smallest absolute Gasteiger partial charge is 0.152 e. The van der Waals surface area contributed by atoms with Gasteiger partial charge < -0.3 is 10.2 Å². The molecule has 0 aliphatic rings. The second-order valence-electron chi connectivity index (χ2n) is 5.45. The molecule has 0 aromatic carbocycles. The van der Waals surface area contributed by atoms with E-state index in [2.05, 4.69) is 48.2 Å². The molecule has 0 aliphatic heterocycles. The lowest BCUT2D eigenvalue weighted by atomic mass is 10.0. The monoisotopic (exact) mass is 247 g/mol. The molecule has 18 heavy (non-hydrogen) atoms. The van der Waals surface area contributed by atoms with Crippen LogP contribution in [0.5, 0.6) is 0 Å². The van der Waals surface area contributed by atoms with Crippen LogP contribution in [0, 0.1) is 6.92 Å². The van der Waals surface area contributed by atoms with Gasteiger partial charge in [0.05, 0.1) is 5.69 Å². The van der Waals surface area contributed by atoms with Gasteiger partial charge >= 0.3 is 0 Å². The number of hydrogen-bond acceptors (Lipinski definition) is 4. The number of hydrogen-bond donors (Lipinski definition) is 1. The molecule has 0 amide bonds. The fourth-order valence-corrected chi connectivity index (χ4v) is 1.64. The van der Waals surface area contributed by atoms with Crippen LogP contribution in [0.3, 0.4) is 0 Å². The van der Waals surface area contributed by atoms with Crippen molar-refractivity contribution in [1.82, 2.24) is 19.5 Å². The summed E-state index contributed by atoms with van der Waals surface area (Å²) in [5.41, 5.74) is 2.09. The lowest BCUT2D eigenvalue weighted by molar-refractivity contribution is 0.210. The fraction of sp³-hybridized carbons (Fsp3) is 0.538. The molecule has 98 valence electrons. The average Bonchev–Trinajstić information content (AvgIpc) is 2.66. The highest BCUT2D eigenvalue weighted by atomic mass is 15.2. The Kier molecular flexibility index (Phi) is 3.26. The minimum atomic E-state index is 0.0730. The van der Waals surface area contributed by atoms with Crippen LogP contribution in [-0.2, 0) is 0 Å². The van der Waals surface area contributed by atoms with E-state index in [1.165, 1.54) is 0 Å². The third kappa shape index (κ3) is 2.46. The molecule has 0 bridgehead atoms. The first-order valence-corrected chi connectivity index (χ1v) is 6.12. The Labute approximate surface area is 108 Å². The molecule has 0 aliphatic carbocycles.